The number of fused-ring (bicyclic) bond motifs is 6. The molecule has 67 heavy (non-hydrogen) atoms. The third-order valence-corrected chi connectivity index (χ3v) is 12.4. The summed E-state index contributed by atoms with van der Waals surface area (Å²) >= 11 is 0. The molecule has 12 heteroatoms. The van der Waals surface area contributed by atoms with E-state index in [1.165, 1.54) is 12.2 Å². The van der Waals surface area contributed by atoms with Crippen LogP contribution in [-0.2, 0) is 35.5 Å². The van der Waals surface area contributed by atoms with E-state index >= 15 is 0 Å². The molecule has 5 aromatic rings. The number of allylic oxidation sites excluding steroid dienone is 10. The number of aliphatic imine (C=N–C) groups is 2. The average molecular weight is 886 g/mol. The maximum Gasteiger partial charge on any atom is 0.253 e. The second-order valence-corrected chi connectivity index (χ2v) is 17.0. The van der Waals surface area contributed by atoms with E-state index in [0.29, 0.717) is 31.7 Å². The zero-order valence-electron chi connectivity index (χ0n) is 37.6. The fraction of sp³-hybridized carbons (Fsp3) is 0.164. The summed E-state index contributed by atoms with van der Waals surface area (Å²) in [5.74, 6) is -0.303. The molecular formula is C55H49N8O4+3. The molecule has 8 heterocycles. The molecule has 0 spiro atoms. The van der Waals surface area contributed by atoms with Crippen LogP contribution in [0.15, 0.2) is 191 Å². The van der Waals surface area contributed by atoms with Gasteiger partial charge in [0.25, 0.3) is 11.8 Å². The number of aromatic nitrogens is 4. The second-order valence-electron chi connectivity index (χ2n) is 17.0. The minimum Gasteiger partial charge on any atom is -0.494 e. The first-order chi connectivity index (χ1) is 32.6. The number of H-pyrrole nitrogens is 1. The largest absolute Gasteiger partial charge is 0.494 e. The van der Waals surface area contributed by atoms with Crippen molar-refractivity contribution in [2.45, 2.75) is 19.3 Å². The van der Waals surface area contributed by atoms with Crippen LogP contribution in [0.5, 0.6) is 5.75 Å². The summed E-state index contributed by atoms with van der Waals surface area (Å²) in [6, 6.07) is 25.3. The predicted octanol–water partition coefficient (Wildman–Crippen LogP) is 6.11. The van der Waals surface area contributed by atoms with Crippen LogP contribution in [0, 0.1) is 0 Å². The van der Waals surface area contributed by atoms with E-state index in [1.54, 1.807) is 0 Å². The lowest BCUT2D eigenvalue weighted by molar-refractivity contribution is -0.671. The lowest BCUT2D eigenvalue weighted by atomic mass is 9.91. The Hall–Kier alpha value is -8.38. The summed E-state index contributed by atoms with van der Waals surface area (Å²) in [5, 5.41) is 2.85. The minimum absolute atomic E-state index is 0.0498. The van der Waals surface area contributed by atoms with Crippen molar-refractivity contribution in [2.24, 2.45) is 31.1 Å². The highest BCUT2D eigenvalue weighted by Gasteiger charge is 2.28. The molecule has 8 bridgehead atoms. The van der Waals surface area contributed by atoms with E-state index in [-0.39, 0.29) is 18.9 Å². The molecule has 0 unspecified atom stereocenters. The van der Waals surface area contributed by atoms with Crippen LogP contribution in [-0.4, -0.2) is 58.7 Å². The molecule has 10 rings (SSSR count). The highest BCUT2D eigenvalue weighted by atomic mass is 16.5. The number of ether oxygens (including phenoxy) is 1. The lowest BCUT2D eigenvalue weighted by Crippen LogP contribution is -2.35. The number of aromatic amines is 1. The fourth-order valence-corrected chi connectivity index (χ4v) is 8.88. The molecule has 1 aromatic carbocycles. The Balaban J connectivity index is 1.02. The minimum atomic E-state index is -0.392. The van der Waals surface area contributed by atoms with Crippen molar-refractivity contribution < 1.29 is 32.8 Å². The maximum atomic E-state index is 12.4. The second kappa shape index (κ2) is 18.2. The summed E-state index contributed by atoms with van der Waals surface area (Å²) in [4.78, 5) is 51.8. The molecule has 12 nitrogen and oxygen atoms in total. The highest BCUT2D eigenvalue weighted by Crippen LogP contribution is 2.41. The molecule has 330 valence electrons. The van der Waals surface area contributed by atoms with Gasteiger partial charge in [0.15, 0.2) is 37.2 Å². The number of nitrogens with zero attached hydrogens (tertiary/aromatic N) is 6. The summed E-state index contributed by atoms with van der Waals surface area (Å²) < 4.78 is 12.2. The van der Waals surface area contributed by atoms with Gasteiger partial charge in [-0.05, 0) is 94.8 Å². The van der Waals surface area contributed by atoms with Crippen molar-refractivity contribution in [3.05, 3.63) is 215 Å². The van der Waals surface area contributed by atoms with Gasteiger partial charge in [-0.25, -0.2) is 23.7 Å². The number of amides is 3. The highest BCUT2D eigenvalue weighted by molar-refractivity contribution is 6.34. The summed E-state index contributed by atoms with van der Waals surface area (Å²) in [5.41, 5.74) is 15.9. The molecule has 4 aromatic heterocycles. The molecule has 4 aliphatic heterocycles. The van der Waals surface area contributed by atoms with Crippen LogP contribution in [0.2, 0.25) is 0 Å². The molecular weight excluding hydrogens is 837 g/mol. The number of benzene rings is 1. The maximum absolute atomic E-state index is 12.4. The Labute approximate surface area is 388 Å². The van der Waals surface area contributed by atoms with E-state index in [0.717, 1.165) is 94.8 Å². The monoisotopic (exact) mass is 885 g/mol. The van der Waals surface area contributed by atoms with Crippen LogP contribution >= 0.6 is 0 Å². The van der Waals surface area contributed by atoms with Crippen LogP contribution in [0.25, 0.3) is 22.3 Å². The van der Waals surface area contributed by atoms with E-state index in [4.69, 9.17) is 14.7 Å². The van der Waals surface area contributed by atoms with Gasteiger partial charge in [0.1, 0.15) is 26.9 Å². The van der Waals surface area contributed by atoms with E-state index < -0.39 is 11.8 Å². The molecule has 0 saturated heterocycles. The van der Waals surface area contributed by atoms with Crippen LogP contribution in [0.3, 0.4) is 0 Å². The number of carbonyl (C=O) groups excluding carboxylic acids is 3. The topological polar surface area (TPSA) is 128 Å². The van der Waals surface area contributed by atoms with Gasteiger partial charge >= 0.3 is 0 Å². The van der Waals surface area contributed by atoms with Gasteiger partial charge in [-0.2, -0.15) is 0 Å². The van der Waals surface area contributed by atoms with Crippen LogP contribution in [0.4, 0.5) is 0 Å². The number of rotatable bonds is 12. The van der Waals surface area contributed by atoms with Gasteiger partial charge in [-0.1, -0.05) is 24.3 Å². The number of nitrogens with one attached hydrogen (secondary N) is 2. The van der Waals surface area contributed by atoms with Crippen molar-refractivity contribution in [1.82, 2.24) is 15.2 Å². The van der Waals surface area contributed by atoms with E-state index in [2.05, 4.69) is 145 Å². The summed E-state index contributed by atoms with van der Waals surface area (Å²) in [7, 11) is 6.07. The summed E-state index contributed by atoms with van der Waals surface area (Å²) in [6.07, 6.45) is 29.1. The first kappa shape index (κ1) is 42.6. The number of carbonyl (C=O) groups is 3. The van der Waals surface area contributed by atoms with Crippen molar-refractivity contribution in [2.75, 3.05) is 19.7 Å². The molecule has 2 N–H and O–H groups in total. The Morgan fingerprint density at radius 1 is 0.597 bits per heavy atom. The molecule has 5 aliphatic rings. The molecule has 0 saturated carbocycles. The normalized spacial score (nSPS) is 16.3. The van der Waals surface area contributed by atoms with Crippen molar-refractivity contribution in [1.29, 1.82) is 0 Å². The number of hydrogen-bond acceptors (Lipinski definition) is 6. The van der Waals surface area contributed by atoms with Crippen LogP contribution in [0.1, 0.15) is 52.9 Å². The third kappa shape index (κ3) is 8.89. The van der Waals surface area contributed by atoms with Gasteiger partial charge < -0.3 is 15.0 Å². The van der Waals surface area contributed by atoms with Gasteiger partial charge in [0.05, 0.1) is 29.4 Å². The van der Waals surface area contributed by atoms with Crippen LogP contribution < -0.4 is 23.8 Å². The Bertz CT molecular complexity index is 3150. The first-order valence-corrected chi connectivity index (χ1v) is 22.4. The number of imide groups is 1. The molecule has 3 amide bonds. The molecule has 0 atom stereocenters. The lowest BCUT2D eigenvalue weighted by Gasteiger charge is -2.15. The predicted molar refractivity (Wildman–Crippen MR) is 256 cm³/mol. The SMILES string of the molecule is C[n+]1ccc(C2=C3C=CC(=C(c4ccc(OCCCNC(=O)CCN5C(=O)C=CC5=O)cc4)C4=NC(=C(c5cc[n+](C)cc5)c5ccc([nH]5)C(c5cc[n+](C)cc5)=C5C=CC2=N5)C=C4)C3)cc1. The number of pyridine rings is 3. The number of hydrogen-bond donors (Lipinski definition) is 2. The Morgan fingerprint density at radius 2 is 1.06 bits per heavy atom. The molecule has 0 fully saturated rings. The number of aryl methyl sites for hydroxylation is 3. The third-order valence-electron chi connectivity index (χ3n) is 12.4. The van der Waals surface area contributed by atoms with Crippen molar-refractivity contribution in [3.63, 3.8) is 0 Å². The molecule has 0 radical (unpaired) electrons. The fourth-order valence-electron chi connectivity index (χ4n) is 8.88. The standard InChI is InChI=1S/C55H47N8O4/c1-60-27-19-37(20-28-60)53-41-6-5-40(35-41)52(36-7-9-42(10-8-36)67-34-4-26-56-49(64)25-33-63-50(65)17-18-51(63)66)43-11-13-45(57-43)54(38-21-29-61(2)30-22-38)47-15-16-48(59-47)55(46-14-12-44(53)58-46)39-23-31-62(3)32-24-39/h5-24,27-32H,4,25-26,33-35H2,1-3H3/q+1/p+2. The zero-order chi connectivity index (χ0) is 46.0. The summed E-state index contributed by atoms with van der Waals surface area (Å²) in [6.45, 7) is 0.850. The van der Waals surface area contributed by atoms with Gasteiger partial charge in [-0.15, -0.1) is 0 Å². The smallest absolute Gasteiger partial charge is 0.253 e. The van der Waals surface area contributed by atoms with Gasteiger partial charge in [-0.3, -0.25) is 19.3 Å². The van der Waals surface area contributed by atoms with Crippen molar-refractivity contribution in [3.8, 4) is 5.75 Å². The Kier molecular flexibility index (Phi) is 11.6. The van der Waals surface area contributed by atoms with E-state index in [9.17, 15) is 14.4 Å². The first-order valence-electron chi connectivity index (χ1n) is 22.4. The van der Waals surface area contributed by atoms with E-state index in [1.807, 2.05) is 47.0 Å². The van der Waals surface area contributed by atoms with Gasteiger partial charge in [0, 0.05) is 102 Å². The van der Waals surface area contributed by atoms with Gasteiger partial charge in [0.2, 0.25) is 5.91 Å². The average Bonchev–Trinajstić information content (AvgIpc) is 4.21. The van der Waals surface area contributed by atoms with Crippen molar-refractivity contribution >= 4 is 51.4 Å². The Morgan fingerprint density at radius 3 is 1.55 bits per heavy atom. The molecule has 1 aliphatic carbocycles. The quantitative estimate of drug-likeness (QED) is 0.0891. The zero-order valence-corrected chi connectivity index (χ0v) is 37.6.